The molecule has 3 aromatic rings. The Balaban J connectivity index is 0.00000132. The van der Waals surface area contributed by atoms with Gasteiger partial charge in [0.1, 0.15) is 11.6 Å². The zero-order chi connectivity index (χ0) is 14.8. The molecule has 3 rings (SSSR count). The van der Waals surface area contributed by atoms with Gasteiger partial charge >= 0.3 is 0 Å². The van der Waals surface area contributed by atoms with Crippen molar-refractivity contribution >= 4 is 47.6 Å². The topological polar surface area (TPSA) is 74.6 Å². The Hall–Kier alpha value is -1.28. The molecule has 0 atom stereocenters. The Morgan fingerprint density at radius 2 is 1.78 bits per heavy atom. The molecular formula is C14H20Cl2N6S. The molecule has 2 heterocycles. The third-order valence-corrected chi connectivity index (χ3v) is 4.52. The van der Waals surface area contributed by atoms with Gasteiger partial charge in [0, 0.05) is 20.5 Å². The Bertz CT molecular complexity index is 770. The summed E-state index contributed by atoms with van der Waals surface area (Å²) in [6.07, 6.45) is 0.746. The second-order valence-corrected chi connectivity index (χ2v) is 5.80. The molecule has 0 spiro atoms. The summed E-state index contributed by atoms with van der Waals surface area (Å²) in [5, 5.41) is 9.28. The first-order chi connectivity index (χ1) is 10.2. The van der Waals surface area contributed by atoms with Crippen LogP contribution < -0.4 is 5.73 Å². The number of aryl methyl sites for hydroxylation is 1. The lowest BCUT2D eigenvalue weighted by molar-refractivity contribution is 0.726. The van der Waals surface area contributed by atoms with Crippen LogP contribution in [0.25, 0.3) is 11.0 Å². The van der Waals surface area contributed by atoms with Gasteiger partial charge in [0.25, 0.3) is 0 Å². The van der Waals surface area contributed by atoms with Crippen molar-refractivity contribution in [3.63, 3.8) is 0 Å². The molecule has 0 saturated carbocycles. The van der Waals surface area contributed by atoms with Crippen molar-refractivity contribution in [3.8, 4) is 0 Å². The lowest BCUT2D eigenvalue weighted by atomic mass is 10.3. The van der Waals surface area contributed by atoms with Gasteiger partial charge in [0.15, 0.2) is 5.16 Å². The van der Waals surface area contributed by atoms with Gasteiger partial charge in [0.2, 0.25) is 0 Å². The van der Waals surface area contributed by atoms with E-state index < -0.39 is 0 Å². The minimum atomic E-state index is 0. The van der Waals surface area contributed by atoms with Crippen LogP contribution in [0.4, 0.5) is 0 Å². The molecule has 9 heteroatoms. The molecule has 2 aromatic heterocycles. The molecule has 126 valence electrons. The third-order valence-electron chi connectivity index (χ3n) is 3.50. The van der Waals surface area contributed by atoms with Crippen molar-refractivity contribution in [1.82, 2.24) is 24.3 Å². The second kappa shape index (κ2) is 8.54. The fraction of sp³-hybridized carbons (Fsp3) is 0.357. The van der Waals surface area contributed by atoms with Crippen molar-refractivity contribution in [1.29, 1.82) is 0 Å². The molecule has 0 fully saturated rings. The van der Waals surface area contributed by atoms with Crippen LogP contribution in [0.2, 0.25) is 0 Å². The van der Waals surface area contributed by atoms with Crippen LogP contribution >= 0.6 is 36.6 Å². The summed E-state index contributed by atoms with van der Waals surface area (Å²) in [7, 11) is 4.02. The Labute approximate surface area is 151 Å². The van der Waals surface area contributed by atoms with E-state index in [1.54, 1.807) is 11.8 Å². The number of benzene rings is 1. The van der Waals surface area contributed by atoms with E-state index in [1.165, 1.54) is 0 Å². The zero-order valence-corrected chi connectivity index (χ0v) is 15.4. The fourth-order valence-corrected chi connectivity index (χ4v) is 3.19. The number of hydrogen-bond donors (Lipinski definition) is 1. The van der Waals surface area contributed by atoms with E-state index in [0.717, 1.165) is 40.0 Å². The second-order valence-electron chi connectivity index (χ2n) is 4.86. The molecule has 0 unspecified atom stereocenters. The number of nitrogens with zero attached hydrogens (tertiary/aromatic N) is 5. The number of aromatic nitrogens is 5. The van der Waals surface area contributed by atoms with Crippen molar-refractivity contribution in [2.45, 2.75) is 17.3 Å². The number of nitrogens with two attached hydrogens (primary N) is 1. The number of para-hydroxylation sites is 2. The standard InChI is InChI=1S/C14H18N6S.2ClH/c1-19-11-6-4-3-5-10(11)16-13(19)9-21-14-18-17-12(7-8-15)20(14)2;;/h3-6H,7-9,15H2,1-2H3;2*1H. The first-order valence-electron chi connectivity index (χ1n) is 6.82. The molecule has 0 bridgehead atoms. The van der Waals surface area contributed by atoms with Crippen LogP contribution in [0.1, 0.15) is 11.6 Å². The molecule has 0 aliphatic heterocycles. The zero-order valence-electron chi connectivity index (χ0n) is 13.0. The van der Waals surface area contributed by atoms with E-state index in [0.29, 0.717) is 6.54 Å². The molecule has 23 heavy (non-hydrogen) atoms. The van der Waals surface area contributed by atoms with E-state index in [2.05, 4.69) is 25.8 Å². The molecule has 0 aliphatic carbocycles. The van der Waals surface area contributed by atoms with Crippen molar-refractivity contribution in [2.75, 3.05) is 6.54 Å². The van der Waals surface area contributed by atoms with Crippen molar-refractivity contribution in [2.24, 2.45) is 19.8 Å². The summed E-state index contributed by atoms with van der Waals surface area (Å²) in [6.45, 7) is 0.585. The third kappa shape index (κ3) is 3.98. The van der Waals surface area contributed by atoms with Gasteiger partial charge in [-0.05, 0) is 18.7 Å². The highest BCUT2D eigenvalue weighted by atomic mass is 35.5. The first kappa shape index (κ1) is 19.8. The minimum Gasteiger partial charge on any atom is -0.330 e. The highest BCUT2D eigenvalue weighted by Gasteiger charge is 2.12. The van der Waals surface area contributed by atoms with Crippen LogP contribution in [-0.4, -0.2) is 30.9 Å². The number of halogens is 2. The molecule has 0 saturated heterocycles. The SMILES string of the molecule is Cl.Cl.Cn1c(CCN)nnc1SCc1nc2ccccc2n1C. The maximum Gasteiger partial charge on any atom is 0.191 e. The van der Waals surface area contributed by atoms with Gasteiger partial charge in [-0.2, -0.15) is 0 Å². The van der Waals surface area contributed by atoms with E-state index in [4.69, 9.17) is 5.73 Å². The van der Waals surface area contributed by atoms with Gasteiger partial charge in [-0.3, -0.25) is 0 Å². The molecule has 0 amide bonds. The number of hydrogen-bond acceptors (Lipinski definition) is 5. The van der Waals surface area contributed by atoms with Crippen molar-refractivity contribution < 1.29 is 0 Å². The summed E-state index contributed by atoms with van der Waals surface area (Å²) in [5.41, 5.74) is 7.74. The minimum absolute atomic E-state index is 0. The Morgan fingerprint density at radius 1 is 1.04 bits per heavy atom. The van der Waals surface area contributed by atoms with Gasteiger partial charge in [-0.15, -0.1) is 35.0 Å². The van der Waals surface area contributed by atoms with Crippen LogP contribution in [0.15, 0.2) is 29.4 Å². The highest BCUT2D eigenvalue weighted by Crippen LogP contribution is 2.23. The predicted octanol–water partition coefficient (Wildman–Crippen LogP) is 2.34. The quantitative estimate of drug-likeness (QED) is 0.693. The van der Waals surface area contributed by atoms with Crippen LogP contribution in [-0.2, 0) is 26.3 Å². The molecule has 1 aromatic carbocycles. The average Bonchev–Trinajstić information content (AvgIpc) is 3.00. The van der Waals surface area contributed by atoms with Crippen LogP contribution in [0.3, 0.4) is 0 Å². The molecule has 0 aliphatic rings. The van der Waals surface area contributed by atoms with Gasteiger partial charge in [-0.25, -0.2) is 4.98 Å². The van der Waals surface area contributed by atoms with Crippen LogP contribution in [0, 0.1) is 0 Å². The van der Waals surface area contributed by atoms with E-state index in [-0.39, 0.29) is 24.8 Å². The van der Waals surface area contributed by atoms with E-state index >= 15 is 0 Å². The van der Waals surface area contributed by atoms with E-state index in [9.17, 15) is 0 Å². The number of fused-ring (bicyclic) bond motifs is 1. The molecule has 2 N–H and O–H groups in total. The Kier molecular flexibility index (Phi) is 7.34. The summed E-state index contributed by atoms with van der Waals surface area (Å²) in [5.74, 6) is 2.72. The summed E-state index contributed by atoms with van der Waals surface area (Å²) in [4.78, 5) is 4.66. The lowest BCUT2D eigenvalue weighted by Crippen LogP contribution is -2.08. The van der Waals surface area contributed by atoms with Crippen LogP contribution in [0.5, 0.6) is 0 Å². The summed E-state index contributed by atoms with van der Waals surface area (Å²) < 4.78 is 4.12. The number of thioether (sulfide) groups is 1. The van der Waals surface area contributed by atoms with Gasteiger partial charge < -0.3 is 14.9 Å². The Morgan fingerprint density at radius 3 is 2.48 bits per heavy atom. The lowest BCUT2D eigenvalue weighted by Gasteiger charge is -2.03. The molecule has 6 nitrogen and oxygen atoms in total. The predicted molar refractivity (Wildman–Crippen MR) is 98.5 cm³/mol. The summed E-state index contributed by atoms with van der Waals surface area (Å²) in [6, 6.07) is 8.15. The highest BCUT2D eigenvalue weighted by molar-refractivity contribution is 7.98. The van der Waals surface area contributed by atoms with Crippen molar-refractivity contribution in [3.05, 3.63) is 35.9 Å². The smallest absolute Gasteiger partial charge is 0.191 e. The molecule has 0 radical (unpaired) electrons. The first-order valence-corrected chi connectivity index (χ1v) is 7.80. The molecular weight excluding hydrogens is 355 g/mol. The number of rotatable bonds is 5. The van der Waals surface area contributed by atoms with Gasteiger partial charge in [-0.1, -0.05) is 23.9 Å². The summed E-state index contributed by atoms with van der Waals surface area (Å²) >= 11 is 1.64. The maximum atomic E-state index is 5.57. The average molecular weight is 375 g/mol. The van der Waals surface area contributed by atoms with Gasteiger partial charge in [0.05, 0.1) is 16.8 Å². The van der Waals surface area contributed by atoms with E-state index in [1.807, 2.05) is 36.9 Å². The number of imidazole rings is 1. The normalized spacial score (nSPS) is 10.4. The monoisotopic (exact) mass is 374 g/mol. The maximum absolute atomic E-state index is 5.57. The fourth-order valence-electron chi connectivity index (χ4n) is 2.27. The largest absolute Gasteiger partial charge is 0.330 e.